The quantitative estimate of drug-likeness (QED) is 0.212. The van der Waals surface area contributed by atoms with Crippen LogP contribution in [0.4, 0.5) is 5.13 Å². The van der Waals surface area contributed by atoms with Crippen molar-refractivity contribution in [1.82, 2.24) is 4.98 Å². The van der Waals surface area contributed by atoms with Gasteiger partial charge in [-0.05, 0) is 35.2 Å². The van der Waals surface area contributed by atoms with E-state index in [0.29, 0.717) is 27.9 Å². The zero-order valence-electron chi connectivity index (χ0n) is 19.6. The molecule has 2 heterocycles. The van der Waals surface area contributed by atoms with E-state index in [0.717, 1.165) is 15.8 Å². The third-order valence-electron chi connectivity index (χ3n) is 6.20. The van der Waals surface area contributed by atoms with Gasteiger partial charge < -0.3 is 9.84 Å². The van der Waals surface area contributed by atoms with Gasteiger partial charge in [0.2, 0.25) is 0 Å². The molecule has 0 bridgehead atoms. The number of ketones is 1. The second kappa shape index (κ2) is 9.00. The van der Waals surface area contributed by atoms with Gasteiger partial charge in [0.15, 0.2) is 5.13 Å². The number of amides is 1. The van der Waals surface area contributed by atoms with Crippen LogP contribution >= 0.6 is 11.3 Å². The van der Waals surface area contributed by atoms with Crippen molar-refractivity contribution in [3.05, 3.63) is 95.1 Å². The van der Waals surface area contributed by atoms with Crippen LogP contribution in [0.1, 0.15) is 42.5 Å². The number of ether oxygens (including phenoxy) is 1. The molecule has 176 valence electrons. The van der Waals surface area contributed by atoms with Crippen molar-refractivity contribution in [3.63, 3.8) is 0 Å². The van der Waals surface area contributed by atoms with Crippen LogP contribution in [-0.4, -0.2) is 28.9 Å². The predicted octanol–water partition coefficient (Wildman–Crippen LogP) is 6.05. The van der Waals surface area contributed by atoms with E-state index in [1.165, 1.54) is 16.2 Å². The standard InChI is InChI=1S/C28H24N2O4S/c1-16(2)17-9-11-18(12-10-17)24-23(25(31)19-7-5-4-6-8-19)26(32)27(33)30(24)28-29-21-14-13-20(34-3)15-22(21)35-28/h4-16,24,31H,1-3H3/t24-/m0/s1. The molecule has 0 spiro atoms. The molecule has 3 aromatic carbocycles. The van der Waals surface area contributed by atoms with Crippen LogP contribution in [0.3, 0.4) is 0 Å². The molecular weight excluding hydrogens is 460 g/mol. The number of anilines is 1. The zero-order valence-corrected chi connectivity index (χ0v) is 20.4. The summed E-state index contributed by atoms with van der Waals surface area (Å²) in [5.41, 5.74) is 3.09. The van der Waals surface area contributed by atoms with Crippen LogP contribution in [0.25, 0.3) is 16.0 Å². The molecular formula is C28H24N2O4S. The first-order chi connectivity index (χ1) is 16.9. The number of carbonyl (C=O) groups is 2. The van der Waals surface area contributed by atoms with Crippen molar-refractivity contribution in [2.75, 3.05) is 12.0 Å². The van der Waals surface area contributed by atoms with Gasteiger partial charge in [0.1, 0.15) is 11.5 Å². The number of nitrogens with zero attached hydrogens (tertiary/aromatic N) is 2. The van der Waals surface area contributed by atoms with E-state index in [2.05, 4.69) is 18.8 Å². The Labute approximate surface area is 207 Å². The van der Waals surface area contributed by atoms with Crippen LogP contribution in [-0.2, 0) is 9.59 Å². The number of hydrogen-bond acceptors (Lipinski definition) is 6. The van der Waals surface area contributed by atoms with E-state index in [4.69, 9.17) is 4.74 Å². The summed E-state index contributed by atoms with van der Waals surface area (Å²) in [6.07, 6.45) is 0. The molecule has 0 aliphatic carbocycles. The largest absolute Gasteiger partial charge is 0.507 e. The lowest BCUT2D eigenvalue weighted by atomic mass is 9.93. The fraction of sp³-hybridized carbons (Fsp3) is 0.179. The molecule has 35 heavy (non-hydrogen) atoms. The summed E-state index contributed by atoms with van der Waals surface area (Å²) in [5, 5.41) is 11.6. The van der Waals surface area contributed by atoms with E-state index in [1.807, 2.05) is 42.5 Å². The Morgan fingerprint density at radius 1 is 1.03 bits per heavy atom. The van der Waals surface area contributed by atoms with Gasteiger partial charge in [0, 0.05) is 5.56 Å². The number of fused-ring (bicyclic) bond motifs is 1. The molecule has 1 fully saturated rings. The summed E-state index contributed by atoms with van der Waals surface area (Å²) < 4.78 is 6.15. The SMILES string of the molecule is COc1ccc2nc(N3C(=O)C(=O)C(=C(O)c4ccccc4)[C@@H]3c3ccc(C(C)C)cc3)sc2c1. The number of methoxy groups -OCH3 is 1. The molecule has 1 atom stereocenters. The second-order valence-corrected chi connectivity index (χ2v) is 9.70. The van der Waals surface area contributed by atoms with Gasteiger partial charge in [0.05, 0.1) is 28.9 Å². The van der Waals surface area contributed by atoms with Gasteiger partial charge in [-0.1, -0.05) is 79.8 Å². The van der Waals surface area contributed by atoms with Gasteiger partial charge >= 0.3 is 5.91 Å². The first-order valence-corrected chi connectivity index (χ1v) is 12.1. The number of hydrogen-bond donors (Lipinski definition) is 1. The lowest BCUT2D eigenvalue weighted by molar-refractivity contribution is -0.132. The smallest absolute Gasteiger partial charge is 0.301 e. The molecule has 1 N–H and O–H groups in total. The first kappa shape index (κ1) is 22.8. The molecule has 1 amide bonds. The number of carbonyl (C=O) groups excluding carboxylic acids is 2. The van der Waals surface area contributed by atoms with Crippen LogP contribution in [0.5, 0.6) is 5.75 Å². The minimum absolute atomic E-state index is 0.0512. The highest BCUT2D eigenvalue weighted by Crippen LogP contribution is 2.44. The Morgan fingerprint density at radius 3 is 2.40 bits per heavy atom. The van der Waals surface area contributed by atoms with Crippen molar-refractivity contribution >= 4 is 44.1 Å². The third-order valence-corrected chi connectivity index (χ3v) is 7.22. The summed E-state index contributed by atoms with van der Waals surface area (Å²) in [7, 11) is 1.59. The Kier molecular flexibility index (Phi) is 5.86. The average molecular weight is 485 g/mol. The molecule has 1 aromatic heterocycles. The summed E-state index contributed by atoms with van der Waals surface area (Å²) in [5.74, 6) is -0.640. The number of aliphatic hydroxyl groups is 1. The van der Waals surface area contributed by atoms with Crippen molar-refractivity contribution in [1.29, 1.82) is 0 Å². The third kappa shape index (κ3) is 3.98. The second-order valence-electron chi connectivity index (χ2n) is 8.69. The van der Waals surface area contributed by atoms with Gasteiger partial charge in [-0.2, -0.15) is 0 Å². The molecule has 5 rings (SSSR count). The molecule has 0 radical (unpaired) electrons. The molecule has 6 nitrogen and oxygen atoms in total. The summed E-state index contributed by atoms with van der Waals surface area (Å²) in [4.78, 5) is 32.8. The summed E-state index contributed by atoms with van der Waals surface area (Å²) in [6.45, 7) is 4.21. The maximum Gasteiger partial charge on any atom is 0.301 e. The maximum atomic E-state index is 13.4. The fourth-order valence-corrected chi connectivity index (χ4v) is 5.30. The monoisotopic (exact) mass is 484 g/mol. The van der Waals surface area contributed by atoms with Crippen LogP contribution in [0.2, 0.25) is 0 Å². The van der Waals surface area contributed by atoms with E-state index < -0.39 is 17.7 Å². The number of aliphatic hydroxyl groups excluding tert-OH is 1. The molecule has 1 aliphatic rings. The Balaban J connectivity index is 1.70. The van der Waals surface area contributed by atoms with E-state index >= 15 is 0 Å². The van der Waals surface area contributed by atoms with E-state index in [-0.39, 0.29) is 11.3 Å². The van der Waals surface area contributed by atoms with Crippen LogP contribution in [0, 0.1) is 0 Å². The molecule has 1 saturated heterocycles. The number of rotatable bonds is 5. The zero-order chi connectivity index (χ0) is 24.7. The highest BCUT2D eigenvalue weighted by molar-refractivity contribution is 7.22. The summed E-state index contributed by atoms with van der Waals surface area (Å²) >= 11 is 1.30. The minimum Gasteiger partial charge on any atom is -0.507 e. The Morgan fingerprint density at radius 2 is 1.74 bits per heavy atom. The number of Topliss-reactive ketones (excluding diaryl/α,β-unsaturated/α-hetero) is 1. The molecule has 0 unspecified atom stereocenters. The van der Waals surface area contributed by atoms with Crippen molar-refractivity contribution in [2.24, 2.45) is 0 Å². The van der Waals surface area contributed by atoms with Crippen LogP contribution in [0.15, 0.2) is 78.4 Å². The lowest BCUT2D eigenvalue weighted by Crippen LogP contribution is -2.29. The molecule has 1 aliphatic heterocycles. The molecule has 7 heteroatoms. The maximum absolute atomic E-state index is 13.4. The van der Waals surface area contributed by atoms with Gasteiger partial charge in [-0.25, -0.2) is 4.98 Å². The lowest BCUT2D eigenvalue weighted by Gasteiger charge is -2.23. The highest BCUT2D eigenvalue weighted by Gasteiger charge is 2.48. The topological polar surface area (TPSA) is 79.7 Å². The number of thiazole rings is 1. The number of aromatic nitrogens is 1. The van der Waals surface area contributed by atoms with Gasteiger partial charge in [-0.15, -0.1) is 0 Å². The van der Waals surface area contributed by atoms with Crippen molar-refractivity contribution in [2.45, 2.75) is 25.8 Å². The van der Waals surface area contributed by atoms with Crippen molar-refractivity contribution in [3.8, 4) is 5.75 Å². The van der Waals surface area contributed by atoms with Crippen LogP contribution < -0.4 is 9.64 Å². The van der Waals surface area contributed by atoms with E-state index in [1.54, 1.807) is 37.4 Å². The fourth-order valence-electron chi connectivity index (χ4n) is 4.28. The Bertz CT molecular complexity index is 1460. The van der Waals surface area contributed by atoms with E-state index in [9.17, 15) is 14.7 Å². The Hall–Kier alpha value is -3.97. The minimum atomic E-state index is -0.807. The van der Waals surface area contributed by atoms with Crippen molar-refractivity contribution < 1.29 is 19.4 Å². The highest BCUT2D eigenvalue weighted by atomic mass is 32.1. The first-order valence-electron chi connectivity index (χ1n) is 11.3. The number of benzene rings is 3. The predicted molar refractivity (Wildman–Crippen MR) is 138 cm³/mol. The van der Waals surface area contributed by atoms with Gasteiger partial charge in [0.25, 0.3) is 5.78 Å². The average Bonchev–Trinajstić information content (AvgIpc) is 3.41. The molecule has 0 saturated carbocycles. The molecule has 4 aromatic rings. The normalized spacial score (nSPS) is 17.5. The summed E-state index contributed by atoms with van der Waals surface area (Å²) in [6, 6.07) is 21.3. The van der Waals surface area contributed by atoms with Gasteiger partial charge in [-0.3, -0.25) is 14.5 Å².